The van der Waals surface area contributed by atoms with Gasteiger partial charge < -0.3 is 4.74 Å². The van der Waals surface area contributed by atoms with Gasteiger partial charge in [-0.05, 0) is 12.5 Å². The summed E-state index contributed by atoms with van der Waals surface area (Å²) in [7, 11) is 1.60. The van der Waals surface area contributed by atoms with Crippen LogP contribution in [0.4, 0.5) is 0 Å². The summed E-state index contributed by atoms with van der Waals surface area (Å²) in [6.07, 6.45) is 4.33. The van der Waals surface area contributed by atoms with Crippen LogP contribution >= 0.6 is 23.2 Å². The molecule has 1 aliphatic rings. The maximum Gasteiger partial charge on any atom is 0.125 e. The number of allylic oxidation sites excluding steroid dienone is 1. The van der Waals surface area contributed by atoms with Gasteiger partial charge in [0.05, 0.1) is 13.4 Å². The summed E-state index contributed by atoms with van der Waals surface area (Å²) in [5.41, 5.74) is 0. The van der Waals surface area contributed by atoms with E-state index < -0.39 is 4.33 Å². The average Bonchev–Trinajstić information content (AvgIpc) is 2.35. The number of halogens is 2. The van der Waals surface area contributed by atoms with E-state index in [0.29, 0.717) is 5.92 Å². The summed E-state index contributed by atoms with van der Waals surface area (Å²) in [5, 5.41) is 0. The summed E-state index contributed by atoms with van der Waals surface area (Å²) in [6, 6.07) is 0. The van der Waals surface area contributed by atoms with Gasteiger partial charge in [-0.3, -0.25) is 0 Å². The largest absolute Gasteiger partial charge is 0.505 e. The molecule has 1 atom stereocenters. The first-order valence-electron chi connectivity index (χ1n) is 2.74. The van der Waals surface area contributed by atoms with E-state index in [1.165, 1.54) is 0 Å². The molecule has 0 N–H and O–H groups in total. The molecule has 1 rings (SSSR count). The van der Waals surface area contributed by atoms with Crippen molar-refractivity contribution in [3.8, 4) is 0 Å². The fraction of sp³-hybridized carbons (Fsp3) is 0.667. The van der Waals surface area contributed by atoms with Crippen molar-refractivity contribution in [3.05, 3.63) is 12.3 Å². The summed E-state index contributed by atoms with van der Waals surface area (Å²) >= 11 is 11.4. The molecular formula is C6H8Cl2O. The highest BCUT2D eigenvalue weighted by Crippen LogP contribution is 2.53. The molecular weight excluding hydrogens is 159 g/mol. The molecule has 0 spiro atoms. The number of ether oxygens (including phenoxy) is 1. The van der Waals surface area contributed by atoms with Crippen molar-refractivity contribution in [2.24, 2.45) is 5.92 Å². The molecule has 1 saturated carbocycles. The minimum atomic E-state index is -0.505. The Kier molecular flexibility index (Phi) is 1.92. The summed E-state index contributed by atoms with van der Waals surface area (Å²) in [5.74, 6) is 0.292. The van der Waals surface area contributed by atoms with E-state index in [1.54, 1.807) is 13.4 Å². The monoisotopic (exact) mass is 166 g/mol. The van der Waals surface area contributed by atoms with Crippen LogP contribution in [0.5, 0.6) is 0 Å². The maximum atomic E-state index is 5.70. The molecule has 1 aliphatic carbocycles. The van der Waals surface area contributed by atoms with Crippen LogP contribution in [0, 0.1) is 5.92 Å². The molecule has 9 heavy (non-hydrogen) atoms. The van der Waals surface area contributed by atoms with E-state index in [4.69, 9.17) is 23.2 Å². The SMILES string of the molecule is CO/C=C/C1CC1(Cl)Cl. The van der Waals surface area contributed by atoms with Crippen LogP contribution in [0.15, 0.2) is 12.3 Å². The molecule has 1 nitrogen and oxygen atoms in total. The van der Waals surface area contributed by atoms with Crippen LogP contribution in [0.1, 0.15) is 6.42 Å². The van der Waals surface area contributed by atoms with Gasteiger partial charge in [-0.15, -0.1) is 23.2 Å². The molecule has 0 saturated heterocycles. The summed E-state index contributed by atoms with van der Waals surface area (Å²) in [6.45, 7) is 0. The van der Waals surface area contributed by atoms with E-state index in [2.05, 4.69) is 4.74 Å². The Labute approximate surface area is 64.6 Å². The lowest BCUT2D eigenvalue weighted by Gasteiger charge is -1.89. The van der Waals surface area contributed by atoms with Gasteiger partial charge >= 0.3 is 0 Å². The van der Waals surface area contributed by atoms with Crippen LogP contribution in [0.25, 0.3) is 0 Å². The van der Waals surface area contributed by atoms with E-state index in [1.807, 2.05) is 6.08 Å². The lowest BCUT2D eigenvalue weighted by Crippen LogP contribution is -1.85. The molecule has 0 aromatic heterocycles. The predicted molar refractivity (Wildman–Crippen MR) is 38.7 cm³/mol. The van der Waals surface area contributed by atoms with Gasteiger partial charge in [0.2, 0.25) is 0 Å². The van der Waals surface area contributed by atoms with Crippen molar-refractivity contribution in [1.82, 2.24) is 0 Å². The fourth-order valence-electron chi connectivity index (χ4n) is 0.617. The second-order valence-corrected chi connectivity index (χ2v) is 3.68. The number of rotatable bonds is 2. The molecule has 0 bridgehead atoms. The minimum Gasteiger partial charge on any atom is -0.505 e. The zero-order chi connectivity index (χ0) is 6.91. The summed E-state index contributed by atoms with van der Waals surface area (Å²) < 4.78 is 4.18. The van der Waals surface area contributed by atoms with Crippen LogP contribution in [-0.4, -0.2) is 11.4 Å². The Morgan fingerprint density at radius 3 is 2.56 bits per heavy atom. The van der Waals surface area contributed by atoms with Gasteiger partial charge in [-0.25, -0.2) is 0 Å². The molecule has 0 aromatic carbocycles. The van der Waals surface area contributed by atoms with Crippen LogP contribution in [-0.2, 0) is 4.74 Å². The third-order valence-corrected chi connectivity index (χ3v) is 2.19. The number of hydrogen-bond donors (Lipinski definition) is 0. The highest BCUT2D eigenvalue weighted by molar-refractivity contribution is 6.51. The van der Waals surface area contributed by atoms with Gasteiger partial charge in [0, 0.05) is 5.92 Å². The first kappa shape index (κ1) is 7.23. The topological polar surface area (TPSA) is 9.23 Å². The van der Waals surface area contributed by atoms with Gasteiger partial charge in [-0.1, -0.05) is 0 Å². The first-order valence-corrected chi connectivity index (χ1v) is 3.49. The average molecular weight is 167 g/mol. The zero-order valence-corrected chi connectivity index (χ0v) is 6.62. The van der Waals surface area contributed by atoms with E-state index in [-0.39, 0.29) is 0 Å². The molecule has 0 aliphatic heterocycles. The number of alkyl halides is 2. The van der Waals surface area contributed by atoms with E-state index in [9.17, 15) is 0 Å². The van der Waals surface area contributed by atoms with Crippen molar-refractivity contribution in [2.75, 3.05) is 7.11 Å². The second-order valence-electron chi connectivity index (χ2n) is 2.14. The Hall–Kier alpha value is 0.120. The molecule has 3 heteroatoms. The molecule has 0 heterocycles. The van der Waals surface area contributed by atoms with E-state index >= 15 is 0 Å². The Bertz CT molecular complexity index is 131. The highest BCUT2D eigenvalue weighted by Gasteiger charge is 2.49. The van der Waals surface area contributed by atoms with Gasteiger partial charge in [0.25, 0.3) is 0 Å². The quantitative estimate of drug-likeness (QED) is 0.453. The lowest BCUT2D eigenvalue weighted by atomic mass is 10.4. The Morgan fingerprint density at radius 1 is 1.67 bits per heavy atom. The van der Waals surface area contributed by atoms with Crippen LogP contribution in [0.2, 0.25) is 0 Å². The third kappa shape index (κ3) is 1.77. The molecule has 0 aromatic rings. The van der Waals surface area contributed by atoms with Crippen LogP contribution in [0.3, 0.4) is 0 Å². The first-order chi connectivity index (χ1) is 4.17. The van der Waals surface area contributed by atoms with E-state index in [0.717, 1.165) is 6.42 Å². The van der Waals surface area contributed by atoms with Crippen molar-refractivity contribution in [2.45, 2.75) is 10.8 Å². The molecule has 0 amide bonds. The number of hydrogen-bond acceptors (Lipinski definition) is 1. The van der Waals surface area contributed by atoms with Gasteiger partial charge in [0.15, 0.2) is 0 Å². The molecule has 1 unspecified atom stereocenters. The van der Waals surface area contributed by atoms with Gasteiger partial charge in [0.1, 0.15) is 4.33 Å². The van der Waals surface area contributed by atoms with Crippen molar-refractivity contribution < 1.29 is 4.74 Å². The van der Waals surface area contributed by atoms with Crippen LogP contribution < -0.4 is 0 Å². The maximum absolute atomic E-state index is 5.70. The highest BCUT2D eigenvalue weighted by atomic mass is 35.5. The standard InChI is InChI=1S/C6H8Cl2O/c1-9-3-2-5-4-6(5,7)8/h2-3,5H,4H2,1H3/b3-2+. The van der Waals surface area contributed by atoms with Crippen molar-refractivity contribution in [3.63, 3.8) is 0 Å². The normalized spacial score (nSPS) is 30.8. The third-order valence-electron chi connectivity index (χ3n) is 1.32. The molecule has 52 valence electrons. The smallest absolute Gasteiger partial charge is 0.125 e. The molecule has 1 fully saturated rings. The Morgan fingerprint density at radius 2 is 2.22 bits per heavy atom. The Balaban J connectivity index is 2.27. The number of methoxy groups -OCH3 is 1. The predicted octanol–water partition coefficient (Wildman–Crippen LogP) is 2.34. The summed E-state index contributed by atoms with van der Waals surface area (Å²) in [4.78, 5) is 0. The van der Waals surface area contributed by atoms with Crippen molar-refractivity contribution >= 4 is 23.2 Å². The lowest BCUT2D eigenvalue weighted by molar-refractivity contribution is 0.336. The zero-order valence-electron chi connectivity index (χ0n) is 5.10. The van der Waals surface area contributed by atoms with Crippen molar-refractivity contribution in [1.29, 1.82) is 0 Å². The van der Waals surface area contributed by atoms with Gasteiger partial charge in [-0.2, -0.15) is 0 Å². The fourth-order valence-corrected chi connectivity index (χ4v) is 1.09. The second kappa shape index (κ2) is 2.39. The minimum absolute atomic E-state index is 0.292. The molecule has 0 radical (unpaired) electrons.